The highest BCUT2D eigenvalue weighted by molar-refractivity contribution is 5.86. The number of aromatic nitrogens is 1. The summed E-state index contributed by atoms with van der Waals surface area (Å²) in [6.07, 6.45) is 5.59. The predicted octanol–water partition coefficient (Wildman–Crippen LogP) is 1.82. The van der Waals surface area contributed by atoms with Crippen molar-refractivity contribution in [3.05, 3.63) is 39.8 Å². The van der Waals surface area contributed by atoms with Gasteiger partial charge in [-0.25, -0.2) is 0 Å². The number of nitrogens with one attached hydrogen (secondary N) is 1. The van der Waals surface area contributed by atoms with E-state index in [4.69, 9.17) is 0 Å². The average molecular weight is 203 g/mol. The Bertz CT molecular complexity index is 483. The van der Waals surface area contributed by atoms with Crippen LogP contribution < -0.4 is 5.56 Å². The van der Waals surface area contributed by atoms with Crippen molar-refractivity contribution in [3.8, 4) is 0 Å². The quantitative estimate of drug-likeness (QED) is 0.756. The second-order valence-corrected chi connectivity index (χ2v) is 3.87. The van der Waals surface area contributed by atoms with E-state index in [2.05, 4.69) is 4.98 Å². The number of hydrogen-bond acceptors (Lipinski definition) is 2. The fraction of sp³-hybridized carbons (Fsp3) is 0.333. The van der Waals surface area contributed by atoms with Gasteiger partial charge in [-0.05, 0) is 30.5 Å². The van der Waals surface area contributed by atoms with Crippen LogP contribution in [0.2, 0.25) is 0 Å². The second-order valence-electron chi connectivity index (χ2n) is 3.87. The van der Waals surface area contributed by atoms with Gasteiger partial charge in [-0.3, -0.25) is 9.59 Å². The number of aromatic amines is 1. The Balaban J connectivity index is 2.34. The molecule has 0 bridgehead atoms. The number of rotatable bonds is 1. The number of H-pyrrole nitrogens is 1. The highest BCUT2D eigenvalue weighted by Gasteiger charge is 2.12. The molecule has 3 heteroatoms. The van der Waals surface area contributed by atoms with E-state index in [1.165, 1.54) is 0 Å². The summed E-state index contributed by atoms with van der Waals surface area (Å²) in [5, 5.41) is 0. The number of allylic oxidation sites excluding steroid dienone is 2. The highest BCUT2D eigenvalue weighted by atomic mass is 16.1. The Morgan fingerprint density at radius 3 is 2.67 bits per heavy atom. The normalized spacial score (nSPS) is 16.3. The van der Waals surface area contributed by atoms with E-state index in [0.29, 0.717) is 24.2 Å². The fourth-order valence-electron chi connectivity index (χ4n) is 1.76. The maximum absolute atomic E-state index is 11.2. The Kier molecular flexibility index (Phi) is 2.54. The van der Waals surface area contributed by atoms with Gasteiger partial charge in [0, 0.05) is 24.6 Å². The Hall–Kier alpha value is -1.64. The van der Waals surface area contributed by atoms with Gasteiger partial charge in [-0.1, -0.05) is 6.08 Å². The topological polar surface area (TPSA) is 49.9 Å². The van der Waals surface area contributed by atoms with Gasteiger partial charge in [-0.15, -0.1) is 0 Å². The summed E-state index contributed by atoms with van der Waals surface area (Å²) in [6, 6.07) is 1.88. The van der Waals surface area contributed by atoms with Crippen molar-refractivity contribution >= 4 is 11.4 Å². The highest BCUT2D eigenvalue weighted by Crippen LogP contribution is 2.24. The third-order valence-electron chi connectivity index (χ3n) is 2.71. The monoisotopic (exact) mass is 203 g/mol. The van der Waals surface area contributed by atoms with Crippen LogP contribution in [0.5, 0.6) is 0 Å². The van der Waals surface area contributed by atoms with Gasteiger partial charge in [0.1, 0.15) is 5.78 Å². The smallest absolute Gasteiger partial charge is 0.250 e. The van der Waals surface area contributed by atoms with Crippen LogP contribution in [0.3, 0.4) is 0 Å². The second kappa shape index (κ2) is 3.85. The lowest BCUT2D eigenvalue weighted by Crippen LogP contribution is -2.10. The third-order valence-corrected chi connectivity index (χ3v) is 2.71. The molecule has 1 heterocycles. The van der Waals surface area contributed by atoms with Crippen LogP contribution in [0.25, 0.3) is 5.57 Å². The van der Waals surface area contributed by atoms with Crippen molar-refractivity contribution < 1.29 is 4.79 Å². The molecule has 0 spiro atoms. The number of carbonyl (C=O) groups is 1. The number of pyridine rings is 1. The summed E-state index contributed by atoms with van der Waals surface area (Å²) in [4.78, 5) is 24.9. The van der Waals surface area contributed by atoms with Gasteiger partial charge < -0.3 is 4.98 Å². The molecule has 1 aliphatic rings. The van der Waals surface area contributed by atoms with Crippen LogP contribution in [0, 0.1) is 6.92 Å². The molecule has 2 rings (SSSR count). The summed E-state index contributed by atoms with van der Waals surface area (Å²) >= 11 is 0. The van der Waals surface area contributed by atoms with E-state index < -0.39 is 0 Å². The minimum Gasteiger partial charge on any atom is -0.328 e. The van der Waals surface area contributed by atoms with E-state index in [0.717, 1.165) is 17.6 Å². The molecule has 1 aromatic heterocycles. The Labute approximate surface area is 87.8 Å². The zero-order chi connectivity index (χ0) is 10.8. The molecule has 0 saturated carbocycles. The summed E-state index contributed by atoms with van der Waals surface area (Å²) in [6.45, 7) is 1.79. The number of hydrogen-bond donors (Lipinski definition) is 1. The minimum absolute atomic E-state index is 0.0498. The van der Waals surface area contributed by atoms with Crippen molar-refractivity contribution in [2.24, 2.45) is 0 Å². The van der Waals surface area contributed by atoms with Gasteiger partial charge in [0.2, 0.25) is 0 Å². The van der Waals surface area contributed by atoms with Gasteiger partial charge in [-0.2, -0.15) is 0 Å². The summed E-state index contributed by atoms with van der Waals surface area (Å²) in [7, 11) is 0. The van der Waals surface area contributed by atoms with Crippen molar-refractivity contribution in [3.63, 3.8) is 0 Å². The first-order valence-corrected chi connectivity index (χ1v) is 5.07. The molecular formula is C12H13NO2. The first-order valence-electron chi connectivity index (χ1n) is 5.07. The van der Waals surface area contributed by atoms with Gasteiger partial charge >= 0.3 is 0 Å². The average Bonchev–Trinajstić information content (AvgIpc) is 2.23. The zero-order valence-corrected chi connectivity index (χ0v) is 8.67. The molecule has 0 saturated heterocycles. The van der Waals surface area contributed by atoms with Crippen molar-refractivity contribution in [1.29, 1.82) is 0 Å². The van der Waals surface area contributed by atoms with Crippen LogP contribution in [-0.4, -0.2) is 10.8 Å². The van der Waals surface area contributed by atoms with E-state index in [-0.39, 0.29) is 5.56 Å². The fourth-order valence-corrected chi connectivity index (χ4v) is 1.76. The lowest BCUT2D eigenvalue weighted by atomic mass is 9.93. The molecule has 0 fully saturated rings. The van der Waals surface area contributed by atoms with E-state index >= 15 is 0 Å². The number of Topliss-reactive ketones (excluding diaryl/α,β-unsaturated/α-hetero) is 1. The summed E-state index contributed by atoms with van der Waals surface area (Å²) in [5.41, 5.74) is 2.85. The molecule has 0 aromatic carbocycles. The van der Waals surface area contributed by atoms with Crippen LogP contribution in [0.15, 0.2) is 23.1 Å². The van der Waals surface area contributed by atoms with Crippen LogP contribution in [0.1, 0.15) is 30.4 Å². The molecular weight excluding hydrogens is 190 g/mol. The lowest BCUT2D eigenvalue weighted by Gasteiger charge is -2.12. The Morgan fingerprint density at radius 2 is 2.07 bits per heavy atom. The first kappa shape index (κ1) is 9.90. The van der Waals surface area contributed by atoms with Crippen molar-refractivity contribution in [1.82, 2.24) is 4.98 Å². The van der Waals surface area contributed by atoms with E-state index in [1.54, 1.807) is 13.1 Å². The maximum atomic E-state index is 11.2. The summed E-state index contributed by atoms with van der Waals surface area (Å²) in [5.74, 6) is 0.292. The molecule has 15 heavy (non-hydrogen) atoms. The molecule has 0 radical (unpaired) electrons. The Morgan fingerprint density at radius 1 is 1.27 bits per heavy atom. The molecule has 1 aliphatic carbocycles. The molecule has 0 amide bonds. The zero-order valence-electron chi connectivity index (χ0n) is 8.67. The van der Waals surface area contributed by atoms with Gasteiger partial charge in [0.05, 0.1) is 0 Å². The first-order chi connectivity index (χ1) is 7.16. The van der Waals surface area contributed by atoms with Gasteiger partial charge in [0.25, 0.3) is 5.56 Å². The van der Waals surface area contributed by atoms with Gasteiger partial charge in [0.15, 0.2) is 0 Å². The van der Waals surface area contributed by atoms with E-state index in [9.17, 15) is 9.59 Å². The molecule has 1 N–H and O–H groups in total. The van der Waals surface area contributed by atoms with Crippen LogP contribution >= 0.6 is 0 Å². The third kappa shape index (κ3) is 2.06. The van der Waals surface area contributed by atoms with E-state index in [1.807, 2.05) is 12.1 Å². The van der Waals surface area contributed by atoms with Crippen LogP contribution in [-0.2, 0) is 4.79 Å². The molecule has 78 valence electrons. The number of ketones is 1. The number of aryl methyl sites for hydroxylation is 1. The number of carbonyl (C=O) groups excluding carboxylic acids is 1. The minimum atomic E-state index is -0.0498. The molecule has 0 atom stereocenters. The molecule has 0 unspecified atom stereocenters. The maximum Gasteiger partial charge on any atom is 0.250 e. The predicted molar refractivity (Wildman–Crippen MR) is 58.6 cm³/mol. The van der Waals surface area contributed by atoms with Crippen LogP contribution in [0.4, 0.5) is 0 Å². The molecule has 1 aromatic rings. The summed E-state index contributed by atoms with van der Waals surface area (Å²) < 4.78 is 0. The molecule has 3 nitrogen and oxygen atoms in total. The van der Waals surface area contributed by atoms with Crippen molar-refractivity contribution in [2.45, 2.75) is 26.2 Å². The van der Waals surface area contributed by atoms with Crippen molar-refractivity contribution in [2.75, 3.05) is 0 Å². The SMILES string of the molecule is Cc1cc(C2=CCC(=O)CC2)c[nH]c1=O. The largest absolute Gasteiger partial charge is 0.328 e. The molecule has 0 aliphatic heterocycles. The standard InChI is InChI=1S/C12H13NO2/c1-8-6-10(7-13-12(8)15)9-2-4-11(14)5-3-9/h2,6-7H,3-5H2,1H3,(H,13,15). The lowest BCUT2D eigenvalue weighted by molar-refractivity contribution is -0.118.